The van der Waals surface area contributed by atoms with Crippen LogP contribution in [0, 0.1) is 0 Å². The highest BCUT2D eigenvalue weighted by molar-refractivity contribution is 5.56. The van der Waals surface area contributed by atoms with Crippen LogP contribution < -0.4 is 19.9 Å². The number of rotatable bonds is 9. The largest absolute Gasteiger partial charge is 0.493 e. The molecule has 0 amide bonds. The standard InChI is InChI=1S/C15H26N2O4/c1-17(8-9-18-2)12(10-16)11-6-7-13(19-3)15(21-5)14(11)20-4/h6-7,12H,8-10,16H2,1-5H3. The predicted molar refractivity (Wildman–Crippen MR) is 82.4 cm³/mol. The summed E-state index contributed by atoms with van der Waals surface area (Å²) in [5.41, 5.74) is 6.92. The lowest BCUT2D eigenvalue weighted by Crippen LogP contribution is -2.33. The van der Waals surface area contributed by atoms with Gasteiger partial charge < -0.3 is 24.7 Å². The molecule has 1 unspecified atom stereocenters. The van der Waals surface area contributed by atoms with Gasteiger partial charge in [-0.25, -0.2) is 0 Å². The molecule has 0 saturated carbocycles. The van der Waals surface area contributed by atoms with Crippen LogP contribution in [0.2, 0.25) is 0 Å². The molecule has 0 fully saturated rings. The zero-order valence-corrected chi connectivity index (χ0v) is 13.5. The highest BCUT2D eigenvalue weighted by Gasteiger charge is 2.24. The number of hydrogen-bond acceptors (Lipinski definition) is 6. The summed E-state index contributed by atoms with van der Waals surface area (Å²) < 4.78 is 21.4. The molecule has 0 aliphatic carbocycles. The molecule has 0 radical (unpaired) electrons. The molecule has 0 spiro atoms. The summed E-state index contributed by atoms with van der Waals surface area (Å²) in [5, 5.41) is 0. The van der Waals surface area contributed by atoms with Gasteiger partial charge in [-0.3, -0.25) is 4.90 Å². The van der Waals surface area contributed by atoms with Crippen LogP contribution in [-0.4, -0.2) is 60.1 Å². The monoisotopic (exact) mass is 298 g/mol. The SMILES string of the molecule is COCCN(C)C(CN)c1ccc(OC)c(OC)c1OC. The van der Waals surface area contributed by atoms with E-state index in [2.05, 4.69) is 4.90 Å². The van der Waals surface area contributed by atoms with E-state index >= 15 is 0 Å². The zero-order valence-electron chi connectivity index (χ0n) is 13.5. The summed E-state index contributed by atoms with van der Waals surface area (Å²) in [4.78, 5) is 2.13. The third kappa shape index (κ3) is 4.00. The first-order valence-corrected chi connectivity index (χ1v) is 6.82. The summed E-state index contributed by atoms with van der Waals surface area (Å²) >= 11 is 0. The van der Waals surface area contributed by atoms with Crippen LogP contribution >= 0.6 is 0 Å². The van der Waals surface area contributed by atoms with E-state index in [0.29, 0.717) is 30.4 Å². The average Bonchev–Trinajstić information content (AvgIpc) is 2.52. The molecule has 120 valence electrons. The smallest absolute Gasteiger partial charge is 0.203 e. The Morgan fingerprint density at radius 2 is 1.71 bits per heavy atom. The fourth-order valence-electron chi connectivity index (χ4n) is 2.32. The first kappa shape index (κ1) is 17.6. The number of nitrogens with zero attached hydrogens (tertiary/aromatic N) is 1. The molecule has 0 aromatic heterocycles. The van der Waals surface area contributed by atoms with Crippen LogP contribution in [0.25, 0.3) is 0 Å². The molecule has 2 N–H and O–H groups in total. The first-order valence-electron chi connectivity index (χ1n) is 6.82. The van der Waals surface area contributed by atoms with Gasteiger partial charge in [0.2, 0.25) is 5.75 Å². The van der Waals surface area contributed by atoms with Crippen molar-refractivity contribution in [3.05, 3.63) is 17.7 Å². The minimum atomic E-state index is 0.00917. The third-order valence-electron chi connectivity index (χ3n) is 3.50. The number of methoxy groups -OCH3 is 4. The van der Waals surface area contributed by atoms with Crippen LogP contribution in [0.4, 0.5) is 0 Å². The Morgan fingerprint density at radius 3 is 2.19 bits per heavy atom. The van der Waals surface area contributed by atoms with Gasteiger partial charge in [0, 0.05) is 25.8 Å². The molecule has 1 atom stereocenters. The Labute approximate surface area is 126 Å². The van der Waals surface area contributed by atoms with E-state index in [0.717, 1.165) is 12.1 Å². The molecular weight excluding hydrogens is 272 g/mol. The van der Waals surface area contributed by atoms with Crippen molar-refractivity contribution in [2.45, 2.75) is 6.04 Å². The van der Waals surface area contributed by atoms with Gasteiger partial charge in [-0.05, 0) is 19.2 Å². The molecule has 0 saturated heterocycles. The first-order chi connectivity index (χ1) is 10.1. The lowest BCUT2D eigenvalue weighted by molar-refractivity contribution is 0.139. The number of hydrogen-bond donors (Lipinski definition) is 1. The molecule has 0 aliphatic rings. The third-order valence-corrected chi connectivity index (χ3v) is 3.50. The highest BCUT2D eigenvalue weighted by Crippen LogP contribution is 2.42. The van der Waals surface area contributed by atoms with Gasteiger partial charge in [0.05, 0.1) is 34.0 Å². The van der Waals surface area contributed by atoms with Gasteiger partial charge in [-0.1, -0.05) is 0 Å². The van der Waals surface area contributed by atoms with Crippen LogP contribution in [0.15, 0.2) is 12.1 Å². The minimum absolute atomic E-state index is 0.00917. The fourth-order valence-corrected chi connectivity index (χ4v) is 2.32. The summed E-state index contributed by atoms with van der Waals surface area (Å²) in [7, 11) is 8.50. The van der Waals surface area contributed by atoms with Crippen molar-refractivity contribution in [2.24, 2.45) is 5.73 Å². The van der Waals surface area contributed by atoms with Crippen molar-refractivity contribution >= 4 is 0 Å². The number of benzene rings is 1. The maximum Gasteiger partial charge on any atom is 0.203 e. The van der Waals surface area contributed by atoms with Crippen LogP contribution in [0.5, 0.6) is 17.2 Å². The number of nitrogens with two attached hydrogens (primary N) is 1. The lowest BCUT2D eigenvalue weighted by atomic mass is 10.0. The quantitative estimate of drug-likeness (QED) is 0.741. The van der Waals surface area contributed by atoms with Crippen molar-refractivity contribution in [2.75, 3.05) is 55.2 Å². The van der Waals surface area contributed by atoms with Crippen molar-refractivity contribution in [1.29, 1.82) is 0 Å². The Hall–Kier alpha value is -1.50. The van der Waals surface area contributed by atoms with Gasteiger partial charge in [0.1, 0.15) is 0 Å². The van der Waals surface area contributed by atoms with E-state index in [1.165, 1.54) is 0 Å². The number of ether oxygens (including phenoxy) is 4. The van der Waals surface area contributed by atoms with Crippen LogP contribution in [0.3, 0.4) is 0 Å². The predicted octanol–water partition coefficient (Wildman–Crippen LogP) is 1.29. The van der Waals surface area contributed by atoms with E-state index in [-0.39, 0.29) is 6.04 Å². The molecule has 1 rings (SSSR count). The van der Waals surface area contributed by atoms with E-state index in [4.69, 9.17) is 24.7 Å². The minimum Gasteiger partial charge on any atom is -0.493 e. The molecular formula is C15H26N2O4. The van der Waals surface area contributed by atoms with Gasteiger partial charge in [0.25, 0.3) is 0 Å². The Kier molecular flexibility index (Phi) is 7.28. The van der Waals surface area contributed by atoms with E-state index in [1.807, 2.05) is 19.2 Å². The van der Waals surface area contributed by atoms with Crippen LogP contribution in [-0.2, 0) is 4.74 Å². The fraction of sp³-hybridized carbons (Fsp3) is 0.600. The molecule has 21 heavy (non-hydrogen) atoms. The normalized spacial score (nSPS) is 12.3. The second kappa shape index (κ2) is 8.71. The van der Waals surface area contributed by atoms with Gasteiger partial charge in [-0.2, -0.15) is 0 Å². The maximum atomic E-state index is 5.95. The second-order valence-electron chi connectivity index (χ2n) is 4.65. The molecule has 6 nitrogen and oxygen atoms in total. The molecule has 1 aromatic rings. The van der Waals surface area contributed by atoms with E-state index < -0.39 is 0 Å². The average molecular weight is 298 g/mol. The Morgan fingerprint density at radius 1 is 1.05 bits per heavy atom. The van der Waals surface area contributed by atoms with Crippen molar-refractivity contribution in [3.63, 3.8) is 0 Å². The maximum absolute atomic E-state index is 5.95. The van der Waals surface area contributed by atoms with Crippen molar-refractivity contribution < 1.29 is 18.9 Å². The topological polar surface area (TPSA) is 66.2 Å². The van der Waals surface area contributed by atoms with E-state index in [1.54, 1.807) is 28.4 Å². The molecule has 0 aliphatic heterocycles. The van der Waals surface area contributed by atoms with Gasteiger partial charge in [0.15, 0.2) is 11.5 Å². The molecule has 0 heterocycles. The number of likely N-dealkylation sites (N-methyl/N-ethyl adjacent to an activating group) is 1. The van der Waals surface area contributed by atoms with E-state index in [9.17, 15) is 0 Å². The lowest BCUT2D eigenvalue weighted by Gasteiger charge is -2.29. The van der Waals surface area contributed by atoms with Crippen LogP contribution in [0.1, 0.15) is 11.6 Å². The summed E-state index contributed by atoms with van der Waals surface area (Å²) in [6.45, 7) is 1.88. The summed E-state index contributed by atoms with van der Waals surface area (Å²) in [6, 6.07) is 3.83. The molecule has 0 bridgehead atoms. The highest BCUT2D eigenvalue weighted by atomic mass is 16.5. The Bertz CT molecular complexity index is 440. The summed E-state index contributed by atoms with van der Waals surface area (Å²) in [5.74, 6) is 1.86. The Balaban J connectivity index is 3.20. The van der Waals surface area contributed by atoms with Crippen molar-refractivity contribution in [3.8, 4) is 17.2 Å². The molecule has 6 heteroatoms. The van der Waals surface area contributed by atoms with Gasteiger partial charge >= 0.3 is 0 Å². The van der Waals surface area contributed by atoms with Gasteiger partial charge in [-0.15, -0.1) is 0 Å². The van der Waals surface area contributed by atoms with Crippen molar-refractivity contribution in [1.82, 2.24) is 4.90 Å². The summed E-state index contributed by atoms with van der Waals surface area (Å²) in [6.07, 6.45) is 0. The zero-order chi connectivity index (χ0) is 15.8. The molecule has 1 aromatic carbocycles. The second-order valence-corrected chi connectivity index (χ2v) is 4.65.